The summed E-state index contributed by atoms with van der Waals surface area (Å²) in [5, 5.41) is 2.83. The molecule has 1 rings (SSSR count). The van der Waals surface area contributed by atoms with E-state index >= 15 is 0 Å². The zero-order valence-electron chi connectivity index (χ0n) is 10.3. The van der Waals surface area contributed by atoms with Crippen LogP contribution in [0.15, 0.2) is 24.3 Å². The Labute approximate surface area is 102 Å². The van der Waals surface area contributed by atoms with Crippen LogP contribution in [0.5, 0.6) is 0 Å². The van der Waals surface area contributed by atoms with Gasteiger partial charge in [0.2, 0.25) is 0 Å². The molecule has 0 bridgehead atoms. The Kier molecular flexibility index (Phi) is 6.30. The van der Waals surface area contributed by atoms with E-state index in [4.69, 9.17) is 0 Å². The molecule has 2 nitrogen and oxygen atoms in total. The minimum atomic E-state index is -0.318. The van der Waals surface area contributed by atoms with Crippen LogP contribution in [-0.4, -0.2) is 12.5 Å². The smallest absolute Gasteiger partial charge is 0.251 e. The summed E-state index contributed by atoms with van der Waals surface area (Å²) in [6.45, 7) is 2.87. The highest BCUT2D eigenvalue weighted by Crippen LogP contribution is 2.04. The molecule has 94 valence electrons. The topological polar surface area (TPSA) is 29.1 Å². The van der Waals surface area contributed by atoms with Crippen molar-refractivity contribution in [3.63, 3.8) is 0 Å². The Bertz CT molecular complexity index is 335. The maximum Gasteiger partial charge on any atom is 0.251 e. The van der Waals surface area contributed by atoms with Crippen LogP contribution in [0.4, 0.5) is 4.39 Å². The molecule has 0 aromatic heterocycles. The van der Waals surface area contributed by atoms with Gasteiger partial charge < -0.3 is 5.32 Å². The van der Waals surface area contributed by atoms with E-state index in [1.807, 2.05) is 0 Å². The molecule has 17 heavy (non-hydrogen) atoms. The molecule has 1 aromatic carbocycles. The number of unbranched alkanes of at least 4 members (excludes halogenated alkanes) is 4. The fourth-order valence-corrected chi connectivity index (χ4v) is 1.63. The number of rotatable bonds is 7. The van der Waals surface area contributed by atoms with Gasteiger partial charge in [0.25, 0.3) is 5.91 Å². The minimum absolute atomic E-state index is 0.125. The second kappa shape index (κ2) is 7.82. The lowest BCUT2D eigenvalue weighted by atomic mass is 10.1. The molecular formula is C14H20FNO. The maximum atomic E-state index is 12.6. The predicted octanol–water partition coefficient (Wildman–Crippen LogP) is 3.53. The van der Waals surface area contributed by atoms with E-state index in [1.165, 1.54) is 43.5 Å². The normalized spacial score (nSPS) is 10.2. The molecule has 0 heterocycles. The second-order valence-corrected chi connectivity index (χ2v) is 4.18. The van der Waals surface area contributed by atoms with Gasteiger partial charge in [-0.2, -0.15) is 0 Å². The first-order chi connectivity index (χ1) is 8.24. The highest BCUT2D eigenvalue weighted by molar-refractivity contribution is 5.94. The molecule has 0 atom stereocenters. The van der Waals surface area contributed by atoms with E-state index in [-0.39, 0.29) is 11.7 Å². The van der Waals surface area contributed by atoms with Crippen LogP contribution in [0.1, 0.15) is 49.4 Å². The van der Waals surface area contributed by atoms with E-state index in [9.17, 15) is 9.18 Å². The molecule has 1 N–H and O–H groups in total. The third-order valence-corrected chi connectivity index (χ3v) is 2.67. The largest absolute Gasteiger partial charge is 0.352 e. The second-order valence-electron chi connectivity index (χ2n) is 4.18. The number of hydrogen-bond donors (Lipinski definition) is 1. The fourth-order valence-electron chi connectivity index (χ4n) is 1.63. The Morgan fingerprint density at radius 2 is 1.76 bits per heavy atom. The Hall–Kier alpha value is -1.38. The first kappa shape index (κ1) is 13.7. The molecule has 0 fully saturated rings. The number of hydrogen-bond acceptors (Lipinski definition) is 1. The van der Waals surface area contributed by atoms with Crippen molar-refractivity contribution in [3.05, 3.63) is 35.6 Å². The van der Waals surface area contributed by atoms with Crippen LogP contribution in [-0.2, 0) is 0 Å². The Balaban J connectivity index is 2.19. The number of halogens is 1. The van der Waals surface area contributed by atoms with Crippen LogP contribution in [0, 0.1) is 5.82 Å². The summed E-state index contributed by atoms with van der Waals surface area (Å²) in [5.41, 5.74) is 0.514. The van der Waals surface area contributed by atoms with E-state index < -0.39 is 0 Å². The summed E-state index contributed by atoms with van der Waals surface area (Å²) < 4.78 is 12.6. The van der Waals surface area contributed by atoms with Crippen molar-refractivity contribution in [3.8, 4) is 0 Å². The number of nitrogens with one attached hydrogen (secondary N) is 1. The zero-order valence-corrected chi connectivity index (χ0v) is 10.3. The summed E-state index contributed by atoms with van der Waals surface area (Å²) in [5.74, 6) is -0.443. The first-order valence-electron chi connectivity index (χ1n) is 6.28. The summed E-state index contributed by atoms with van der Waals surface area (Å²) in [4.78, 5) is 11.6. The van der Waals surface area contributed by atoms with Crippen LogP contribution in [0.3, 0.4) is 0 Å². The molecular weight excluding hydrogens is 217 g/mol. The van der Waals surface area contributed by atoms with E-state index in [0.717, 1.165) is 12.8 Å². The van der Waals surface area contributed by atoms with Crippen molar-refractivity contribution >= 4 is 5.91 Å². The third kappa shape index (κ3) is 5.48. The van der Waals surface area contributed by atoms with Crippen molar-refractivity contribution in [2.24, 2.45) is 0 Å². The van der Waals surface area contributed by atoms with Gasteiger partial charge in [0.1, 0.15) is 5.82 Å². The van der Waals surface area contributed by atoms with Crippen molar-refractivity contribution in [2.75, 3.05) is 6.54 Å². The van der Waals surface area contributed by atoms with Crippen LogP contribution >= 0.6 is 0 Å². The maximum absolute atomic E-state index is 12.6. The van der Waals surface area contributed by atoms with E-state index in [0.29, 0.717) is 12.1 Å². The van der Waals surface area contributed by atoms with Gasteiger partial charge in [0, 0.05) is 12.1 Å². The lowest BCUT2D eigenvalue weighted by Gasteiger charge is -2.05. The molecule has 0 aliphatic heterocycles. The molecule has 0 aliphatic rings. The van der Waals surface area contributed by atoms with E-state index in [2.05, 4.69) is 12.2 Å². The fraction of sp³-hybridized carbons (Fsp3) is 0.500. The lowest BCUT2D eigenvalue weighted by molar-refractivity contribution is 0.0953. The average Bonchev–Trinajstić information content (AvgIpc) is 2.34. The van der Waals surface area contributed by atoms with Gasteiger partial charge in [0.05, 0.1) is 0 Å². The van der Waals surface area contributed by atoms with E-state index in [1.54, 1.807) is 0 Å². The van der Waals surface area contributed by atoms with Gasteiger partial charge >= 0.3 is 0 Å². The average molecular weight is 237 g/mol. The standard InChI is InChI=1S/C14H20FNO/c1-2-3-4-5-6-11-16-14(17)12-7-9-13(15)10-8-12/h7-10H,2-6,11H2,1H3,(H,16,17). The molecule has 0 spiro atoms. The summed E-state index contributed by atoms with van der Waals surface area (Å²) in [6.07, 6.45) is 5.86. The molecule has 1 amide bonds. The molecule has 1 aromatic rings. The summed E-state index contributed by atoms with van der Waals surface area (Å²) >= 11 is 0. The van der Waals surface area contributed by atoms with Gasteiger partial charge in [0.15, 0.2) is 0 Å². The monoisotopic (exact) mass is 237 g/mol. The predicted molar refractivity (Wildman–Crippen MR) is 67.5 cm³/mol. The van der Waals surface area contributed by atoms with Crippen LogP contribution in [0.2, 0.25) is 0 Å². The molecule has 0 aliphatic carbocycles. The zero-order chi connectivity index (χ0) is 12.5. The summed E-state index contributed by atoms with van der Waals surface area (Å²) in [7, 11) is 0. The first-order valence-corrected chi connectivity index (χ1v) is 6.28. The quantitative estimate of drug-likeness (QED) is 0.722. The molecule has 0 saturated heterocycles. The Morgan fingerprint density at radius 3 is 2.41 bits per heavy atom. The van der Waals surface area contributed by atoms with Crippen LogP contribution < -0.4 is 5.32 Å². The van der Waals surface area contributed by atoms with Gasteiger partial charge in [-0.05, 0) is 30.7 Å². The van der Waals surface area contributed by atoms with Gasteiger partial charge in [-0.15, -0.1) is 0 Å². The van der Waals surface area contributed by atoms with Crippen molar-refractivity contribution < 1.29 is 9.18 Å². The van der Waals surface area contributed by atoms with Crippen molar-refractivity contribution in [1.29, 1.82) is 0 Å². The van der Waals surface area contributed by atoms with Gasteiger partial charge in [-0.1, -0.05) is 32.6 Å². The lowest BCUT2D eigenvalue weighted by Crippen LogP contribution is -2.24. The third-order valence-electron chi connectivity index (χ3n) is 2.67. The molecule has 0 radical (unpaired) electrons. The number of carbonyl (C=O) groups excluding carboxylic acids is 1. The van der Waals surface area contributed by atoms with Gasteiger partial charge in [-0.25, -0.2) is 4.39 Å². The highest BCUT2D eigenvalue weighted by Gasteiger charge is 2.03. The highest BCUT2D eigenvalue weighted by atomic mass is 19.1. The van der Waals surface area contributed by atoms with Crippen molar-refractivity contribution in [2.45, 2.75) is 39.0 Å². The molecule has 0 saturated carbocycles. The SMILES string of the molecule is CCCCCCCNC(=O)c1ccc(F)cc1. The number of amides is 1. The molecule has 0 unspecified atom stereocenters. The summed E-state index contributed by atoms with van der Waals surface area (Å²) in [6, 6.07) is 5.61. The Morgan fingerprint density at radius 1 is 1.12 bits per heavy atom. The molecule has 3 heteroatoms. The van der Waals surface area contributed by atoms with Gasteiger partial charge in [-0.3, -0.25) is 4.79 Å². The number of carbonyl (C=O) groups is 1. The minimum Gasteiger partial charge on any atom is -0.352 e. The van der Waals surface area contributed by atoms with Crippen LogP contribution in [0.25, 0.3) is 0 Å². The number of benzene rings is 1. The van der Waals surface area contributed by atoms with Crippen molar-refractivity contribution in [1.82, 2.24) is 5.32 Å².